The third-order valence-corrected chi connectivity index (χ3v) is 5.78. The second kappa shape index (κ2) is 8.85. The number of β-lactam (4-membered cyclic amide) rings is 1. The maximum absolute atomic E-state index is 12.4. The van der Waals surface area contributed by atoms with Gasteiger partial charge in [0.25, 0.3) is 11.8 Å². The van der Waals surface area contributed by atoms with Crippen LogP contribution in [0.4, 0.5) is 5.13 Å². The molecule has 1 aromatic rings. The molecule has 2 atom stereocenters. The van der Waals surface area contributed by atoms with Gasteiger partial charge >= 0.3 is 51.4 Å². The second-order valence-electron chi connectivity index (χ2n) is 5.25. The average Bonchev–Trinajstić information content (AvgIpc) is 3.04. The van der Waals surface area contributed by atoms with Crippen LogP contribution in [0.1, 0.15) is 5.69 Å². The number of aromatic nitrogens is 1. The zero-order valence-electron chi connectivity index (χ0n) is 14.0. The van der Waals surface area contributed by atoms with E-state index in [9.17, 15) is 19.5 Å². The minimum absolute atomic E-state index is 0. The first-order valence-corrected chi connectivity index (χ1v) is 9.07. The Bertz CT molecular complexity index is 883. The molecule has 1 saturated heterocycles. The van der Waals surface area contributed by atoms with E-state index in [-0.39, 0.29) is 67.9 Å². The van der Waals surface area contributed by atoms with E-state index < -0.39 is 34.9 Å². The van der Waals surface area contributed by atoms with Gasteiger partial charge in [-0.2, -0.15) is 0 Å². The fourth-order valence-corrected chi connectivity index (χ4v) is 4.50. The van der Waals surface area contributed by atoms with E-state index in [0.29, 0.717) is 11.3 Å². The molecule has 1 aromatic heterocycles. The van der Waals surface area contributed by atoms with Gasteiger partial charge in [0.15, 0.2) is 10.8 Å². The van der Waals surface area contributed by atoms with Crippen LogP contribution < -0.4 is 67.5 Å². The molecule has 0 saturated carbocycles. The van der Waals surface area contributed by atoms with Crippen molar-refractivity contribution in [1.82, 2.24) is 15.2 Å². The summed E-state index contributed by atoms with van der Waals surface area (Å²) < 4.78 is 0. The number of thiazole rings is 1. The molecule has 3 heterocycles. The Labute approximate surface area is 204 Å². The number of fused-ring (bicyclic) bond motifs is 1. The number of carboxylic acid groups (broad SMARTS) is 1. The largest absolute Gasteiger partial charge is 1.00 e. The number of carbonyl (C=O) groups excluding carboxylic acids is 3. The maximum atomic E-state index is 12.4. The molecule has 0 bridgehead atoms. The molecule has 4 N–H and O–H groups in total. The molecule has 2 amide bonds. The number of hydrogen-bond acceptors (Lipinski definition) is 10. The summed E-state index contributed by atoms with van der Waals surface area (Å²) in [5.74, 6) is -2.62. The number of thioether (sulfide) groups is 1. The summed E-state index contributed by atoms with van der Waals surface area (Å²) in [5.41, 5.74) is 5.29. The number of nitrogens with zero attached hydrogens (tertiary/aromatic N) is 3. The smallest absolute Gasteiger partial charge is 0.543 e. The molecule has 0 radical (unpaired) electrons. The van der Waals surface area contributed by atoms with Crippen molar-refractivity contribution in [2.75, 3.05) is 11.5 Å². The van der Waals surface area contributed by atoms with E-state index in [1.54, 1.807) is 0 Å². The van der Waals surface area contributed by atoms with Crippen molar-refractivity contribution in [3.05, 3.63) is 35.0 Å². The van der Waals surface area contributed by atoms with Crippen LogP contribution in [0.3, 0.4) is 0 Å². The molecule has 27 heavy (non-hydrogen) atoms. The van der Waals surface area contributed by atoms with Crippen LogP contribution in [-0.4, -0.2) is 55.8 Å². The number of oxime groups is 1. The number of anilines is 1. The van der Waals surface area contributed by atoms with Gasteiger partial charge in [-0.05, 0) is 5.57 Å². The van der Waals surface area contributed by atoms with E-state index in [4.69, 9.17) is 10.9 Å². The molecule has 2 aliphatic rings. The third-order valence-electron chi connectivity index (χ3n) is 3.80. The Morgan fingerprint density at radius 1 is 1.56 bits per heavy atom. The number of carboxylic acids is 1. The number of carbonyl (C=O) groups is 3. The van der Waals surface area contributed by atoms with E-state index in [2.05, 4.69) is 22.0 Å². The minimum Gasteiger partial charge on any atom is -0.543 e. The number of nitrogens with one attached hydrogen (secondary N) is 1. The molecule has 3 rings (SSSR count). The summed E-state index contributed by atoms with van der Waals surface area (Å²) in [7, 11) is 0. The van der Waals surface area contributed by atoms with Gasteiger partial charge in [0, 0.05) is 11.1 Å². The van der Waals surface area contributed by atoms with Crippen LogP contribution in [0.25, 0.3) is 0 Å². The molecule has 13 heteroatoms. The Morgan fingerprint density at radius 2 is 2.26 bits per heavy atom. The molecule has 136 valence electrons. The Kier molecular flexibility index (Phi) is 7.24. The zero-order valence-corrected chi connectivity index (χ0v) is 18.8. The molecule has 1 fully saturated rings. The fourth-order valence-electron chi connectivity index (χ4n) is 2.61. The quantitative estimate of drug-likeness (QED) is 0.138. The van der Waals surface area contributed by atoms with E-state index in [1.807, 2.05) is 0 Å². The molecule has 2 aliphatic heterocycles. The van der Waals surface area contributed by atoms with Crippen LogP contribution in [-0.2, 0) is 14.4 Å². The summed E-state index contributed by atoms with van der Waals surface area (Å²) in [6.45, 7) is 3.53. The van der Waals surface area contributed by atoms with Crippen molar-refractivity contribution < 1.29 is 76.1 Å². The van der Waals surface area contributed by atoms with Crippen molar-refractivity contribution in [3.63, 3.8) is 0 Å². The van der Waals surface area contributed by atoms with Gasteiger partial charge in [0.1, 0.15) is 17.1 Å². The molecule has 2 unspecified atom stereocenters. The summed E-state index contributed by atoms with van der Waals surface area (Å²) in [5, 5.41) is 26.8. The number of hydrogen-bond donors (Lipinski definition) is 3. The van der Waals surface area contributed by atoms with Crippen molar-refractivity contribution in [3.8, 4) is 0 Å². The first-order valence-electron chi connectivity index (χ1n) is 7.15. The zero-order chi connectivity index (χ0) is 19.0. The number of allylic oxidation sites excluding steroid dienone is 1. The standard InChI is InChI=1S/C14H13N5O5S2.K/c1-2-5-3-25-12-8(11(21)19(12)9(5)13(22)23)17-10(20)7(18-24)6-4-26-14(15)16-6;/h2,4,8,12,24H,1,3H2,(H2,15,16)(H,17,20)(H,22,23);/q;+1/p-1/b18-7+;. The van der Waals surface area contributed by atoms with Crippen LogP contribution in [0.2, 0.25) is 0 Å². The van der Waals surface area contributed by atoms with Gasteiger partial charge in [0.2, 0.25) is 0 Å². The van der Waals surface area contributed by atoms with Gasteiger partial charge in [0.05, 0.1) is 11.7 Å². The number of amides is 2. The van der Waals surface area contributed by atoms with Gasteiger partial charge in [-0.1, -0.05) is 17.8 Å². The number of aliphatic carboxylic acids is 1. The molecule has 0 spiro atoms. The topological polar surface area (TPSA) is 161 Å². The molecule has 0 aromatic carbocycles. The Balaban J connectivity index is 0.00000261. The van der Waals surface area contributed by atoms with Crippen molar-refractivity contribution in [1.29, 1.82) is 0 Å². The number of nitrogen functional groups attached to an aromatic ring is 1. The predicted molar refractivity (Wildman–Crippen MR) is 92.1 cm³/mol. The first kappa shape index (κ1) is 22.1. The molecular formula is C14H12KN5O5S2. The van der Waals surface area contributed by atoms with Crippen molar-refractivity contribution in [2.45, 2.75) is 11.4 Å². The predicted octanol–water partition coefficient (Wildman–Crippen LogP) is -4.50. The van der Waals surface area contributed by atoms with Gasteiger partial charge in [-0.3, -0.25) is 14.5 Å². The van der Waals surface area contributed by atoms with Crippen LogP contribution in [0.15, 0.2) is 34.5 Å². The second-order valence-corrected chi connectivity index (χ2v) is 7.24. The van der Waals surface area contributed by atoms with Crippen LogP contribution in [0, 0.1) is 0 Å². The van der Waals surface area contributed by atoms with Crippen LogP contribution >= 0.6 is 23.1 Å². The van der Waals surface area contributed by atoms with Crippen LogP contribution in [0.5, 0.6) is 0 Å². The minimum atomic E-state index is -1.49. The first-order chi connectivity index (χ1) is 12.4. The maximum Gasteiger partial charge on any atom is 1.00 e. The molecule has 0 aliphatic carbocycles. The summed E-state index contributed by atoms with van der Waals surface area (Å²) in [4.78, 5) is 40.9. The fraction of sp³-hybridized carbons (Fsp3) is 0.214. The average molecular weight is 434 g/mol. The Morgan fingerprint density at radius 3 is 2.78 bits per heavy atom. The third kappa shape index (κ3) is 3.99. The number of nitrogens with two attached hydrogens (primary N) is 1. The van der Waals surface area contributed by atoms with Gasteiger partial charge < -0.3 is 26.2 Å². The molecular weight excluding hydrogens is 421 g/mol. The normalized spacial score (nSPS) is 21.7. The van der Waals surface area contributed by atoms with Gasteiger partial charge in [-0.15, -0.1) is 23.1 Å². The summed E-state index contributed by atoms with van der Waals surface area (Å²) in [6.07, 6.45) is 1.36. The Hall–Kier alpha value is -1.22. The molecule has 10 nitrogen and oxygen atoms in total. The SMILES string of the molecule is C=CC1=C(C(=O)[O-])N2C(=O)C(NC(=O)/C(=N/O)c3csc(N)n3)C2SC1.[K+]. The van der Waals surface area contributed by atoms with E-state index >= 15 is 0 Å². The van der Waals surface area contributed by atoms with Gasteiger partial charge in [-0.25, -0.2) is 4.98 Å². The number of rotatable bonds is 5. The van der Waals surface area contributed by atoms with Crippen molar-refractivity contribution >= 4 is 51.7 Å². The summed E-state index contributed by atoms with van der Waals surface area (Å²) >= 11 is 2.33. The van der Waals surface area contributed by atoms with E-state index in [0.717, 1.165) is 16.2 Å². The summed E-state index contributed by atoms with van der Waals surface area (Å²) in [6, 6.07) is -0.971. The van der Waals surface area contributed by atoms with Crippen molar-refractivity contribution in [2.24, 2.45) is 5.16 Å². The van der Waals surface area contributed by atoms with E-state index in [1.165, 1.54) is 23.2 Å². The monoisotopic (exact) mass is 433 g/mol.